The molecule has 2 fully saturated rings. The third-order valence-corrected chi connectivity index (χ3v) is 5.13. The Kier molecular flexibility index (Phi) is 7.44. The highest BCUT2D eigenvalue weighted by molar-refractivity contribution is 4.86. The van der Waals surface area contributed by atoms with Crippen molar-refractivity contribution in [3.8, 4) is 0 Å². The molecule has 4 nitrogen and oxygen atoms in total. The minimum Gasteiger partial charge on any atom is -0.374 e. The lowest BCUT2D eigenvalue weighted by Gasteiger charge is -2.41. The molecule has 21 heavy (non-hydrogen) atoms. The summed E-state index contributed by atoms with van der Waals surface area (Å²) >= 11 is 0. The van der Waals surface area contributed by atoms with Crippen LogP contribution in [0.25, 0.3) is 0 Å². The van der Waals surface area contributed by atoms with Crippen molar-refractivity contribution in [2.75, 3.05) is 52.4 Å². The average Bonchev–Trinajstić information content (AvgIpc) is 2.53. The van der Waals surface area contributed by atoms with Gasteiger partial charge in [0, 0.05) is 32.2 Å². The number of likely N-dealkylation sites (tertiary alicyclic amines) is 1. The summed E-state index contributed by atoms with van der Waals surface area (Å²) in [7, 11) is 0. The van der Waals surface area contributed by atoms with Crippen LogP contribution in [0.3, 0.4) is 0 Å². The quantitative estimate of drug-likeness (QED) is 0.775. The first kappa shape index (κ1) is 17.2. The number of rotatable bonds is 7. The minimum absolute atomic E-state index is 0.413. The number of morpholine rings is 1. The molecule has 0 aromatic carbocycles. The Bertz CT molecular complexity index is 287. The van der Waals surface area contributed by atoms with E-state index in [1.54, 1.807) is 0 Å². The van der Waals surface area contributed by atoms with Gasteiger partial charge in [0.25, 0.3) is 0 Å². The molecule has 0 aromatic heterocycles. The van der Waals surface area contributed by atoms with Crippen molar-refractivity contribution in [1.82, 2.24) is 15.1 Å². The van der Waals surface area contributed by atoms with Crippen LogP contribution in [-0.4, -0.2) is 74.4 Å². The van der Waals surface area contributed by atoms with Crippen LogP contribution in [0, 0.1) is 5.92 Å². The van der Waals surface area contributed by atoms with Gasteiger partial charge in [0.2, 0.25) is 0 Å². The predicted octanol–water partition coefficient (Wildman–Crippen LogP) is 1.81. The number of hydrogen-bond acceptors (Lipinski definition) is 4. The summed E-state index contributed by atoms with van der Waals surface area (Å²) < 4.78 is 5.97. The summed E-state index contributed by atoms with van der Waals surface area (Å²) in [6, 6.07) is 0.727. The summed E-state index contributed by atoms with van der Waals surface area (Å²) in [6.45, 7) is 15.9. The molecule has 2 aliphatic heterocycles. The molecule has 2 heterocycles. The van der Waals surface area contributed by atoms with Gasteiger partial charge in [0.05, 0.1) is 12.7 Å². The zero-order valence-electron chi connectivity index (χ0n) is 14.3. The summed E-state index contributed by atoms with van der Waals surface area (Å²) in [5.74, 6) is 0.802. The van der Waals surface area contributed by atoms with E-state index in [2.05, 4.69) is 35.9 Å². The SMILES string of the molecule is CCCNC1CCN(CC2CN(CC)CCO2)CC1CC. The van der Waals surface area contributed by atoms with Crippen LogP contribution in [0.15, 0.2) is 0 Å². The number of piperidine rings is 1. The highest BCUT2D eigenvalue weighted by atomic mass is 16.5. The van der Waals surface area contributed by atoms with Crippen LogP contribution in [0.4, 0.5) is 0 Å². The molecule has 0 aliphatic carbocycles. The maximum absolute atomic E-state index is 5.97. The van der Waals surface area contributed by atoms with E-state index in [9.17, 15) is 0 Å². The monoisotopic (exact) mass is 297 g/mol. The summed E-state index contributed by atoms with van der Waals surface area (Å²) in [5.41, 5.74) is 0. The summed E-state index contributed by atoms with van der Waals surface area (Å²) in [4.78, 5) is 5.16. The predicted molar refractivity (Wildman–Crippen MR) is 88.8 cm³/mol. The molecular formula is C17H35N3O. The molecule has 3 unspecified atom stereocenters. The van der Waals surface area contributed by atoms with E-state index in [0.717, 1.165) is 44.7 Å². The number of hydrogen-bond donors (Lipinski definition) is 1. The first-order valence-corrected chi connectivity index (χ1v) is 9.06. The van der Waals surface area contributed by atoms with Gasteiger partial charge in [0.1, 0.15) is 0 Å². The largest absolute Gasteiger partial charge is 0.374 e. The molecule has 3 atom stereocenters. The number of likely N-dealkylation sites (N-methyl/N-ethyl adjacent to an activating group) is 1. The van der Waals surface area contributed by atoms with E-state index in [1.807, 2.05) is 0 Å². The van der Waals surface area contributed by atoms with Gasteiger partial charge >= 0.3 is 0 Å². The highest BCUT2D eigenvalue weighted by Gasteiger charge is 2.30. The number of nitrogens with one attached hydrogen (secondary N) is 1. The molecule has 0 bridgehead atoms. The lowest BCUT2D eigenvalue weighted by Crippen LogP contribution is -2.53. The summed E-state index contributed by atoms with van der Waals surface area (Å²) in [6.07, 6.45) is 4.23. The molecule has 1 N–H and O–H groups in total. The van der Waals surface area contributed by atoms with Gasteiger partial charge in [-0.15, -0.1) is 0 Å². The van der Waals surface area contributed by atoms with Crippen molar-refractivity contribution in [2.24, 2.45) is 5.92 Å². The molecule has 2 rings (SSSR count). The van der Waals surface area contributed by atoms with Crippen molar-refractivity contribution < 1.29 is 4.74 Å². The minimum atomic E-state index is 0.413. The maximum atomic E-state index is 5.97. The molecular weight excluding hydrogens is 262 g/mol. The molecule has 0 aromatic rings. The normalized spacial score (nSPS) is 32.4. The number of nitrogens with zero attached hydrogens (tertiary/aromatic N) is 2. The summed E-state index contributed by atoms with van der Waals surface area (Å²) in [5, 5.41) is 3.75. The van der Waals surface area contributed by atoms with E-state index >= 15 is 0 Å². The van der Waals surface area contributed by atoms with Gasteiger partial charge < -0.3 is 15.0 Å². The lowest BCUT2D eigenvalue weighted by atomic mass is 9.89. The van der Waals surface area contributed by atoms with Gasteiger partial charge in [-0.3, -0.25) is 4.90 Å². The molecule has 2 saturated heterocycles. The van der Waals surface area contributed by atoms with E-state index in [1.165, 1.54) is 38.9 Å². The fourth-order valence-corrected chi connectivity index (χ4v) is 3.75. The third kappa shape index (κ3) is 5.20. The van der Waals surface area contributed by atoms with Gasteiger partial charge in [-0.1, -0.05) is 27.2 Å². The maximum Gasteiger partial charge on any atom is 0.0829 e. The highest BCUT2D eigenvalue weighted by Crippen LogP contribution is 2.21. The van der Waals surface area contributed by atoms with Gasteiger partial charge in [-0.2, -0.15) is 0 Å². The van der Waals surface area contributed by atoms with Crippen molar-refractivity contribution in [1.29, 1.82) is 0 Å². The van der Waals surface area contributed by atoms with Gasteiger partial charge in [0.15, 0.2) is 0 Å². The van der Waals surface area contributed by atoms with Crippen LogP contribution in [-0.2, 0) is 4.74 Å². The van der Waals surface area contributed by atoms with Crippen molar-refractivity contribution in [2.45, 2.75) is 52.2 Å². The molecule has 0 radical (unpaired) electrons. The Hall–Kier alpha value is -0.160. The smallest absolute Gasteiger partial charge is 0.0829 e. The van der Waals surface area contributed by atoms with E-state index < -0.39 is 0 Å². The first-order valence-electron chi connectivity index (χ1n) is 9.06. The second-order valence-corrected chi connectivity index (χ2v) is 6.66. The molecule has 2 aliphatic rings. The lowest BCUT2D eigenvalue weighted by molar-refractivity contribution is -0.0479. The first-order chi connectivity index (χ1) is 10.3. The topological polar surface area (TPSA) is 27.7 Å². The second-order valence-electron chi connectivity index (χ2n) is 6.66. The number of ether oxygens (including phenoxy) is 1. The van der Waals surface area contributed by atoms with Crippen LogP contribution in [0.5, 0.6) is 0 Å². The standard InChI is InChI=1S/C17H35N3O/c1-4-8-18-17-7-9-20(12-15(17)5-2)14-16-13-19(6-3)10-11-21-16/h15-18H,4-14H2,1-3H3. The molecule has 124 valence electrons. The Labute approximate surface area is 131 Å². The molecule has 0 amide bonds. The zero-order chi connectivity index (χ0) is 15.1. The van der Waals surface area contributed by atoms with Crippen LogP contribution in [0.1, 0.15) is 40.0 Å². The zero-order valence-corrected chi connectivity index (χ0v) is 14.3. The molecule has 4 heteroatoms. The molecule has 0 saturated carbocycles. The van der Waals surface area contributed by atoms with E-state index in [0.29, 0.717) is 6.10 Å². The molecule has 0 spiro atoms. The Morgan fingerprint density at radius 3 is 2.67 bits per heavy atom. The van der Waals surface area contributed by atoms with Gasteiger partial charge in [-0.05, 0) is 38.4 Å². The van der Waals surface area contributed by atoms with Crippen LogP contribution < -0.4 is 5.32 Å². The Morgan fingerprint density at radius 1 is 1.10 bits per heavy atom. The van der Waals surface area contributed by atoms with Crippen molar-refractivity contribution >= 4 is 0 Å². The van der Waals surface area contributed by atoms with Crippen molar-refractivity contribution in [3.63, 3.8) is 0 Å². The van der Waals surface area contributed by atoms with Crippen LogP contribution in [0.2, 0.25) is 0 Å². The van der Waals surface area contributed by atoms with Gasteiger partial charge in [-0.25, -0.2) is 0 Å². The third-order valence-electron chi connectivity index (χ3n) is 5.13. The Balaban J connectivity index is 1.77. The fourth-order valence-electron chi connectivity index (χ4n) is 3.75. The van der Waals surface area contributed by atoms with Crippen molar-refractivity contribution in [3.05, 3.63) is 0 Å². The Morgan fingerprint density at radius 2 is 1.95 bits per heavy atom. The van der Waals surface area contributed by atoms with E-state index in [-0.39, 0.29) is 0 Å². The van der Waals surface area contributed by atoms with E-state index in [4.69, 9.17) is 4.74 Å². The average molecular weight is 297 g/mol. The second kappa shape index (κ2) is 9.09. The fraction of sp³-hybridized carbons (Fsp3) is 1.00. The van der Waals surface area contributed by atoms with Crippen LogP contribution >= 0.6 is 0 Å².